The van der Waals surface area contributed by atoms with Crippen molar-refractivity contribution < 1.29 is 14.0 Å². The molecule has 1 aromatic rings. The van der Waals surface area contributed by atoms with Gasteiger partial charge in [0.15, 0.2) is 0 Å². The number of nitrogens with two attached hydrogens (primary N) is 1. The minimum absolute atomic E-state index is 0.0142. The van der Waals surface area contributed by atoms with E-state index in [4.69, 9.17) is 5.73 Å². The van der Waals surface area contributed by atoms with Gasteiger partial charge >= 0.3 is 0 Å². The van der Waals surface area contributed by atoms with E-state index in [9.17, 15) is 14.0 Å². The van der Waals surface area contributed by atoms with Gasteiger partial charge in [0.2, 0.25) is 11.8 Å². The van der Waals surface area contributed by atoms with E-state index in [2.05, 4.69) is 0 Å². The fourth-order valence-corrected chi connectivity index (χ4v) is 2.89. The van der Waals surface area contributed by atoms with Crippen LogP contribution in [0.15, 0.2) is 24.3 Å². The fourth-order valence-electron chi connectivity index (χ4n) is 2.89. The molecule has 2 rings (SSSR count). The number of hydrogen-bond acceptors (Lipinski definition) is 3. The standard InChI is InChI=1S/C17H24FN3O2/c1-12(2)15-11-20(17(23)9-19)8-7-16(22)21(15)10-13-3-5-14(18)6-4-13/h3-6,12,15H,7-11,19H2,1-2H3/t15-/m0/s1. The molecule has 126 valence electrons. The van der Waals surface area contributed by atoms with Crippen molar-refractivity contribution in [3.8, 4) is 0 Å². The molecule has 1 fully saturated rings. The van der Waals surface area contributed by atoms with E-state index in [1.54, 1.807) is 17.0 Å². The molecule has 0 bridgehead atoms. The van der Waals surface area contributed by atoms with Crippen molar-refractivity contribution >= 4 is 11.8 Å². The van der Waals surface area contributed by atoms with Crippen LogP contribution in [0.25, 0.3) is 0 Å². The van der Waals surface area contributed by atoms with Gasteiger partial charge in [-0.25, -0.2) is 4.39 Å². The van der Waals surface area contributed by atoms with Crippen LogP contribution in [-0.2, 0) is 16.1 Å². The van der Waals surface area contributed by atoms with Gasteiger partial charge < -0.3 is 15.5 Å². The minimum atomic E-state index is -0.295. The van der Waals surface area contributed by atoms with E-state index in [0.29, 0.717) is 19.6 Å². The quantitative estimate of drug-likeness (QED) is 0.911. The summed E-state index contributed by atoms with van der Waals surface area (Å²) in [5, 5.41) is 0. The van der Waals surface area contributed by atoms with Gasteiger partial charge in [-0.05, 0) is 23.6 Å². The molecule has 1 saturated heterocycles. The van der Waals surface area contributed by atoms with Gasteiger partial charge in [-0.1, -0.05) is 26.0 Å². The lowest BCUT2D eigenvalue weighted by Gasteiger charge is -2.34. The molecular weight excluding hydrogens is 297 g/mol. The van der Waals surface area contributed by atoms with Gasteiger partial charge in [0.25, 0.3) is 0 Å². The molecule has 1 aromatic carbocycles. The van der Waals surface area contributed by atoms with Gasteiger partial charge in [0.1, 0.15) is 5.82 Å². The molecule has 0 aromatic heterocycles. The zero-order valence-corrected chi connectivity index (χ0v) is 13.7. The Balaban J connectivity index is 2.22. The number of carbonyl (C=O) groups excluding carboxylic acids is 2. The fraction of sp³-hybridized carbons (Fsp3) is 0.529. The van der Waals surface area contributed by atoms with Crippen LogP contribution in [0.3, 0.4) is 0 Å². The number of nitrogens with zero attached hydrogens (tertiary/aromatic N) is 2. The summed E-state index contributed by atoms with van der Waals surface area (Å²) in [6, 6.07) is 6.09. The molecule has 0 spiro atoms. The second-order valence-corrected chi connectivity index (χ2v) is 6.25. The van der Waals surface area contributed by atoms with Crippen molar-refractivity contribution in [3.63, 3.8) is 0 Å². The van der Waals surface area contributed by atoms with Crippen molar-refractivity contribution in [1.82, 2.24) is 9.80 Å². The van der Waals surface area contributed by atoms with Crippen LogP contribution in [0.5, 0.6) is 0 Å². The average molecular weight is 321 g/mol. The van der Waals surface area contributed by atoms with E-state index in [-0.39, 0.29) is 42.6 Å². The Morgan fingerprint density at radius 3 is 2.57 bits per heavy atom. The van der Waals surface area contributed by atoms with E-state index < -0.39 is 0 Å². The molecular formula is C17H24FN3O2. The summed E-state index contributed by atoms with van der Waals surface area (Å²) in [5.41, 5.74) is 6.34. The summed E-state index contributed by atoms with van der Waals surface area (Å²) in [6.07, 6.45) is 0.288. The third kappa shape index (κ3) is 4.28. The van der Waals surface area contributed by atoms with Crippen LogP contribution < -0.4 is 5.73 Å². The number of hydrogen-bond donors (Lipinski definition) is 1. The first-order valence-electron chi connectivity index (χ1n) is 7.94. The Morgan fingerprint density at radius 2 is 2.00 bits per heavy atom. The number of carbonyl (C=O) groups is 2. The molecule has 2 amide bonds. The van der Waals surface area contributed by atoms with Crippen molar-refractivity contribution in [2.45, 2.75) is 32.9 Å². The van der Waals surface area contributed by atoms with E-state index in [1.165, 1.54) is 12.1 Å². The SMILES string of the molecule is CC(C)[C@@H]1CN(C(=O)CN)CCC(=O)N1Cc1ccc(F)cc1. The predicted molar refractivity (Wildman–Crippen MR) is 85.8 cm³/mol. The zero-order chi connectivity index (χ0) is 17.0. The van der Waals surface area contributed by atoms with Gasteiger partial charge in [-0.3, -0.25) is 9.59 Å². The van der Waals surface area contributed by atoms with Crippen LogP contribution in [0, 0.1) is 11.7 Å². The first-order chi connectivity index (χ1) is 10.9. The highest BCUT2D eigenvalue weighted by atomic mass is 19.1. The van der Waals surface area contributed by atoms with Crippen LogP contribution >= 0.6 is 0 Å². The molecule has 6 heteroatoms. The molecule has 23 heavy (non-hydrogen) atoms. The van der Waals surface area contributed by atoms with Crippen molar-refractivity contribution in [3.05, 3.63) is 35.6 Å². The molecule has 1 aliphatic heterocycles. The first kappa shape index (κ1) is 17.4. The Morgan fingerprint density at radius 1 is 1.35 bits per heavy atom. The summed E-state index contributed by atoms with van der Waals surface area (Å²) in [5.74, 6) is -0.214. The Labute approximate surface area is 136 Å². The molecule has 2 N–H and O–H groups in total. The zero-order valence-electron chi connectivity index (χ0n) is 13.7. The van der Waals surface area contributed by atoms with Crippen LogP contribution in [0.2, 0.25) is 0 Å². The lowest BCUT2D eigenvalue weighted by Crippen LogP contribution is -2.47. The van der Waals surface area contributed by atoms with Crippen molar-refractivity contribution in [2.24, 2.45) is 11.7 Å². The Kier molecular flexibility index (Phi) is 5.71. The van der Waals surface area contributed by atoms with E-state index in [1.807, 2.05) is 18.7 Å². The maximum Gasteiger partial charge on any atom is 0.236 e. The molecule has 1 atom stereocenters. The molecule has 0 radical (unpaired) electrons. The molecule has 0 aliphatic carbocycles. The summed E-state index contributed by atoms with van der Waals surface area (Å²) in [6.45, 7) is 5.33. The van der Waals surface area contributed by atoms with Crippen LogP contribution in [-0.4, -0.2) is 47.3 Å². The lowest BCUT2D eigenvalue weighted by molar-refractivity contribution is -0.134. The second-order valence-electron chi connectivity index (χ2n) is 6.25. The summed E-state index contributed by atoms with van der Waals surface area (Å²) < 4.78 is 13.1. The Bertz CT molecular complexity index is 559. The highest BCUT2D eigenvalue weighted by molar-refractivity contribution is 5.81. The minimum Gasteiger partial charge on any atom is -0.339 e. The monoisotopic (exact) mass is 321 g/mol. The van der Waals surface area contributed by atoms with Gasteiger partial charge in [-0.15, -0.1) is 0 Å². The van der Waals surface area contributed by atoms with E-state index >= 15 is 0 Å². The number of benzene rings is 1. The van der Waals surface area contributed by atoms with Gasteiger partial charge in [-0.2, -0.15) is 0 Å². The van der Waals surface area contributed by atoms with E-state index in [0.717, 1.165) is 5.56 Å². The molecule has 1 aliphatic rings. The largest absolute Gasteiger partial charge is 0.339 e. The summed E-state index contributed by atoms with van der Waals surface area (Å²) >= 11 is 0. The van der Waals surface area contributed by atoms with Crippen molar-refractivity contribution in [1.29, 1.82) is 0 Å². The molecule has 1 heterocycles. The van der Waals surface area contributed by atoms with Crippen molar-refractivity contribution in [2.75, 3.05) is 19.6 Å². The highest BCUT2D eigenvalue weighted by Crippen LogP contribution is 2.21. The molecule has 0 saturated carbocycles. The molecule has 5 nitrogen and oxygen atoms in total. The number of rotatable bonds is 4. The number of halogens is 1. The van der Waals surface area contributed by atoms with Gasteiger partial charge in [0, 0.05) is 26.1 Å². The third-order valence-electron chi connectivity index (χ3n) is 4.29. The van der Waals surface area contributed by atoms with Crippen LogP contribution in [0.4, 0.5) is 4.39 Å². The normalized spacial score (nSPS) is 19.2. The average Bonchev–Trinajstić information content (AvgIpc) is 2.69. The Hall–Kier alpha value is -1.95. The van der Waals surface area contributed by atoms with Crippen LogP contribution in [0.1, 0.15) is 25.8 Å². The first-order valence-corrected chi connectivity index (χ1v) is 7.94. The second kappa shape index (κ2) is 7.55. The number of amides is 2. The predicted octanol–water partition coefficient (Wildman–Crippen LogP) is 1.37. The lowest BCUT2D eigenvalue weighted by atomic mass is 10.0. The maximum absolute atomic E-state index is 13.1. The highest BCUT2D eigenvalue weighted by Gasteiger charge is 2.32. The third-order valence-corrected chi connectivity index (χ3v) is 4.29. The molecule has 0 unspecified atom stereocenters. The smallest absolute Gasteiger partial charge is 0.236 e. The topological polar surface area (TPSA) is 66.6 Å². The maximum atomic E-state index is 13.1. The summed E-state index contributed by atoms with van der Waals surface area (Å²) in [4.78, 5) is 27.9. The summed E-state index contributed by atoms with van der Waals surface area (Å²) in [7, 11) is 0. The van der Waals surface area contributed by atoms with Gasteiger partial charge in [0.05, 0.1) is 12.6 Å².